The SMILES string of the molecule is CCOC(=O)CN1C(=O)Nc2ccc(C)cc2C1c1ccccc1. The molecular weight excluding hydrogens is 304 g/mol. The zero-order valence-electron chi connectivity index (χ0n) is 13.8. The van der Waals surface area contributed by atoms with Crippen LogP contribution in [0.3, 0.4) is 0 Å². The van der Waals surface area contributed by atoms with Crippen LogP contribution in [0.4, 0.5) is 10.5 Å². The first-order valence-corrected chi connectivity index (χ1v) is 7.99. The van der Waals surface area contributed by atoms with Gasteiger partial charge in [-0.3, -0.25) is 4.79 Å². The van der Waals surface area contributed by atoms with Crippen molar-refractivity contribution in [3.05, 3.63) is 65.2 Å². The summed E-state index contributed by atoms with van der Waals surface area (Å²) in [6.07, 6.45) is 0. The van der Waals surface area contributed by atoms with Crippen LogP contribution in [0.1, 0.15) is 29.7 Å². The second kappa shape index (κ2) is 6.74. The molecule has 0 saturated heterocycles. The van der Waals surface area contributed by atoms with Crippen LogP contribution in [-0.4, -0.2) is 30.1 Å². The van der Waals surface area contributed by atoms with Gasteiger partial charge >= 0.3 is 12.0 Å². The number of amides is 2. The molecule has 5 nitrogen and oxygen atoms in total. The average molecular weight is 324 g/mol. The second-order valence-corrected chi connectivity index (χ2v) is 5.77. The molecule has 0 spiro atoms. The van der Waals surface area contributed by atoms with Gasteiger partial charge in [-0.1, -0.05) is 48.0 Å². The number of benzene rings is 2. The van der Waals surface area contributed by atoms with Gasteiger partial charge in [-0.05, 0) is 25.5 Å². The number of aryl methyl sites for hydroxylation is 1. The molecule has 1 N–H and O–H groups in total. The van der Waals surface area contributed by atoms with E-state index in [2.05, 4.69) is 5.32 Å². The number of urea groups is 1. The van der Waals surface area contributed by atoms with Crippen molar-refractivity contribution in [2.45, 2.75) is 19.9 Å². The standard InChI is InChI=1S/C19H20N2O3/c1-3-24-17(22)12-21-18(14-7-5-4-6-8-14)15-11-13(2)9-10-16(15)20-19(21)23/h4-11,18H,3,12H2,1-2H3,(H,20,23). The summed E-state index contributed by atoms with van der Waals surface area (Å²) >= 11 is 0. The Bertz CT molecular complexity index is 758. The van der Waals surface area contributed by atoms with Gasteiger partial charge < -0.3 is 15.0 Å². The van der Waals surface area contributed by atoms with E-state index in [1.807, 2.05) is 55.5 Å². The maximum absolute atomic E-state index is 12.6. The second-order valence-electron chi connectivity index (χ2n) is 5.77. The number of nitrogens with zero attached hydrogens (tertiary/aromatic N) is 1. The molecule has 0 bridgehead atoms. The number of ether oxygens (including phenoxy) is 1. The quantitative estimate of drug-likeness (QED) is 0.876. The number of fused-ring (bicyclic) bond motifs is 1. The monoisotopic (exact) mass is 324 g/mol. The van der Waals surface area contributed by atoms with Gasteiger partial charge in [0.1, 0.15) is 6.54 Å². The number of carbonyl (C=O) groups is 2. The van der Waals surface area contributed by atoms with Crippen LogP contribution in [0.5, 0.6) is 0 Å². The summed E-state index contributed by atoms with van der Waals surface area (Å²) in [4.78, 5) is 26.1. The van der Waals surface area contributed by atoms with Gasteiger partial charge in [0.2, 0.25) is 0 Å². The van der Waals surface area contributed by atoms with Gasteiger partial charge in [-0.25, -0.2) is 4.79 Å². The fraction of sp³-hybridized carbons (Fsp3) is 0.263. The Labute approximate surface area is 141 Å². The topological polar surface area (TPSA) is 58.6 Å². The molecule has 0 aliphatic carbocycles. The van der Waals surface area contributed by atoms with Gasteiger partial charge in [0.25, 0.3) is 0 Å². The van der Waals surface area contributed by atoms with Crippen molar-refractivity contribution in [3.63, 3.8) is 0 Å². The highest BCUT2D eigenvalue weighted by Crippen LogP contribution is 2.37. The molecule has 2 aromatic carbocycles. The zero-order valence-corrected chi connectivity index (χ0v) is 13.8. The fourth-order valence-electron chi connectivity index (χ4n) is 3.00. The molecule has 1 atom stereocenters. The third-order valence-corrected chi connectivity index (χ3v) is 4.04. The van der Waals surface area contributed by atoms with E-state index in [4.69, 9.17) is 4.74 Å². The van der Waals surface area contributed by atoms with Crippen molar-refractivity contribution in [2.24, 2.45) is 0 Å². The van der Waals surface area contributed by atoms with Crippen LogP contribution >= 0.6 is 0 Å². The first kappa shape index (κ1) is 16.1. The molecule has 5 heteroatoms. The maximum Gasteiger partial charge on any atom is 0.325 e. The summed E-state index contributed by atoms with van der Waals surface area (Å²) in [5.74, 6) is -0.412. The molecule has 0 saturated carbocycles. The fourth-order valence-corrected chi connectivity index (χ4v) is 3.00. The summed E-state index contributed by atoms with van der Waals surface area (Å²) in [7, 11) is 0. The molecule has 0 radical (unpaired) electrons. The van der Waals surface area contributed by atoms with Gasteiger partial charge in [0.15, 0.2) is 0 Å². The Kier molecular flexibility index (Phi) is 4.51. The normalized spacial score (nSPS) is 16.3. The van der Waals surface area contributed by atoms with Crippen molar-refractivity contribution < 1.29 is 14.3 Å². The van der Waals surface area contributed by atoms with Gasteiger partial charge in [0.05, 0.1) is 12.6 Å². The summed E-state index contributed by atoms with van der Waals surface area (Å²) < 4.78 is 5.03. The first-order chi connectivity index (χ1) is 11.6. The molecule has 2 aromatic rings. The molecule has 0 aromatic heterocycles. The lowest BCUT2D eigenvalue weighted by Crippen LogP contribution is -2.45. The van der Waals surface area contributed by atoms with E-state index in [1.54, 1.807) is 6.92 Å². The Morgan fingerprint density at radius 2 is 1.96 bits per heavy atom. The number of hydrogen-bond donors (Lipinski definition) is 1. The summed E-state index contributed by atoms with van der Waals surface area (Å²) in [5.41, 5.74) is 3.81. The van der Waals surface area contributed by atoms with Crippen molar-refractivity contribution in [2.75, 3.05) is 18.5 Å². The Balaban J connectivity index is 2.06. The smallest absolute Gasteiger partial charge is 0.325 e. The summed E-state index contributed by atoms with van der Waals surface area (Å²) in [6, 6.07) is 15.0. The highest BCUT2D eigenvalue weighted by atomic mass is 16.5. The molecular formula is C19H20N2O3. The van der Waals surface area contributed by atoms with E-state index in [0.717, 1.165) is 22.4 Å². The summed E-state index contributed by atoms with van der Waals surface area (Å²) in [6.45, 7) is 3.96. The lowest BCUT2D eigenvalue weighted by Gasteiger charge is -2.37. The van der Waals surface area contributed by atoms with Gasteiger partial charge in [0, 0.05) is 11.3 Å². The minimum absolute atomic E-state index is 0.0907. The predicted octanol–water partition coefficient (Wildman–Crippen LogP) is 3.50. The third-order valence-electron chi connectivity index (χ3n) is 4.04. The van der Waals surface area contributed by atoms with E-state index < -0.39 is 5.97 Å². The van der Waals surface area contributed by atoms with Gasteiger partial charge in [-0.15, -0.1) is 0 Å². The molecule has 1 aliphatic heterocycles. The van der Waals surface area contributed by atoms with E-state index in [1.165, 1.54) is 4.90 Å². The lowest BCUT2D eigenvalue weighted by atomic mass is 9.92. The average Bonchev–Trinajstić information content (AvgIpc) is 2.57. The molecule has 1 heterocycles. The van der Waals surface area contributed by atoms with E-state index >= 15 is 0 Å². The zero-order chi connectivity index (χ0) is 17.1. The van der Waals surface area contributed by atoms with Crippen LogP contribution in [0.25, 0.3) is 0 Å². The minimum atomic E-state index is -0.412. The highest BCUT2D eigenvalue weighted by molar-refractivity contribution is 5.95. The van der Waals surface area contributed by atoms with E-state index in [0.29, 0.717) is 6.61 Å². The number of carbonyl (C=O) groups excluding carboxylic acids is 2. The van der Waals surface area contributed by atoms with Crippen molar-refractivity contribution in [3.8, 4) is 0 Å². The number of rotatable bonds is 4. The third kappa shape index (κ3) is 3.11. The van der Waals surface area contributed by atoms with Crippen LogP contribution in [0, 0.1) is 6.92 Å². The van der Waals surface area contributed by atoms with E-state index in [-0.39, 0.29) is 18.6 Å². The van der Waals surface area contributed by atoms with Crippen molar-refractivity contribution in [1.82, 2.24) is 4.90 Å². The van der Waals surface area contributed by atoms with Crippen LogP contribution in [-0.2, 0) is 9.53 Å². The molecule has 24 heavy (non-hydrogen) atoms. The first-order valence-electron chi connectivity index (χ1n) is 7.99. The maximum atomic E-state index is 12.6. The Hall–Kier alpha value is -2.82. The Morgan fingerprint density at radius 1 is 1.21 bits per heavy atom. The number of anilines is 1. The predicted molar refractivity (Wildman–Crippen MR) is 91.8 cm³/mol. The number of esters is 1. The number of hydrogen-bond acceptors (Lipinski definition) is 3. The van der Waals surface area contributed by atoms with Crippen LogP contribution in [0.2, 0.25) is 0 Å². The molecule has 0 fully saturated rings. The molecule has 3 rings (SSSR count). The van der Waals surface area contributed by atoms with Crippen LogP contribution in [0.15, 0.2) is 48.5 Å². The van der Waals surface area contributed by atoms with Crippen LogP contribution < -0.4 is 5.32 Å². The Morgan fingerprint density at radius 3 is 2.67 bits per heavy atom. The summed E-state index contributed by atoms with van der Waals surface area (Å²) in [5, 5.41) is 2.86. The van der Waals surface area contributed by atoms with Gasteiger partial charge in [-0.2, -0.15) is 0 Å². The van der Waals surface area contributed by atoms with Crippen molar-refractivity contribution in [1.29, 1.82) is 0 Å². The molecule has 1 aliphatic rings. The largest absolute Gasteiger partial charge is 0.465 e. The van der Waals surface area contributed by atoms with E-state index in [9.17, 15) is 9.59 Å². The molecule has 124 valence electrons. The molecule has 1 unspecified atom stereocenters. The molecule has 2 amide bonds. The number of nitrogens with one attached hydrogen (secondary N) is 1. The highest BCUT2D eigenvalue weighted by Gasteiger charge is 2.35. The lowest BCUT2D eigenvalue weighted by molar-refractivity contribution is -0.144. The van der Waals surface area contributed by atoms with Crippen molar-refractivity contribution >= 4 is 17.7 Å². The minimum Gasteiger partial charge on any atom is -0.465 e.